The summed E-state index contributed by atoms with van der Waals surface area (Å²) in [4.78, 5) is 8.00. The Morgan fingerprint density at radius 2 is 1.95 bits per heavy atom. The van der Waals surface area contributed by atoms with Gasteiger partial charge < -0.3 is 15.2 Å². The van der Waals surface area contributed by atoms with Gasteiger partial charge in [-0.25, -0.2) is 4.98 Å². The van der Waals surface area contributed by atoms with Crippen molar-refractivity contribution in [3.05, 3.63) is 34.4 Å². The van der Waals surface area contributed by atoms with E-state index in [0.717, 1.165) is 11.3 Å². The van der Waals surface area contributed by atoms with Crippen LogP contribution in [-0.4, -0.2) is 17.1 Å². The maximum Gasteiger partial charge on any atom is 0.238 e. The number of rotatable bonds is 3. The van der Waals surface area contributed by atoms with E-state index in [-0.39, 0.29) is 11.4 Å². The molecule has 0 atom stereocenters. The number of benzene rings is 1. The van der Waals surface area contributed by atoms with E-state index in [0.29, 0.717) is 16.1 Å². The number of hydrogen-bond donors (Lipinski definition) is 1. The van der Waals surface area contributed by atoms with E-state index in [1.807, 2.05) is 18.2 Å². The van der Waals surface area contributed by atoms with Crippen molar-refractivity contribution in [2.75, 3.05) is 12.8 Å². The molecular weight excluding hydrogens is 334 g/mol. The van der Waals surface area contributed by atoms with Crippen molar-refractivity contribution in [2.45, 2.75) is 26.2 Å². The molecule has 0 saturated heterocycles. The summed E-state index contributed by atoms with van der Waals surface area (Å²) in [5.41, 5.74) is 6.52. The molecule has 0 aliphatic heterocycles. The summed E-state index contributed by atoms with van der Waals surface area (Å²) in [6, 6.07) is 5.68. The number of aromatic nitrogens is 2. The highest BCUT2D eigenvalue weighted by molar-refractivity contribution is 9.10. The Hall–Kier alpha value is -1.82. The Kier molecular flexibility index (Phi) is 4.37. The lowest BCUT2D eigenvalue weighted by molar-refractivity contribution is 0.405. The second-order valence-electron chi connectivity index (χ2n) is 5.60. The minimum absolute atomic E-state index is 0.102. The maximum atomic E-state index is 5.91. The zero-order valence-electron chi connectivity index (χ0n) is 12.5. The molecule has 21 heavy (non-hydrogen) atoms. The zero-order valence-corrected chi connectivity index (χ0v) is 14.1. The third-order valence-corrected chi connectivity index (χ3v) is 3.48. The lowest BCUT2D eigenvalue weighted by Crippen LogP contribution is -2.13. The fraction of sp³-hybridized carbons (Fsp3) is 0.333. The minimum atomic E-state index is -0.102. The summed E-state index contributed by atoms with van der Waals surface area (Å²) in [7, 11) is 1.64. The predicted molar refractivity (Wildman–Crippen MR) is 85.9 cm³/mol. The summed E-state index contributed by atoms with van der Waals surface area (Å²) in [6.07, 6.45) is 1.57. The van der Waals surface area contributed by atoms with Gasteiger partial charge in [-0.1, -0.05) is 20.8 Å². The molecule has 1 heterocycles. The largest absolute Gasteiger partial charge is 0.497 e. The smallest absolute Gasteiger partial charge is 0.238 e. The standard InChI is InChI=1S/C15H18BrN3O2/c1-15(2,3)10-7-9(20-4)5-6-12(10)21-13-11(16)8-18-14(17)19-13/h5-8H,1-4H3,(H2,17,18,19). The van der Waals surface area contributed by atoms with Crippen molar-refractivity contribution >= 4 is 21.9 Å². The SMILES string of the molecule is COc1ccc(Oc2nc(N)ncc2Br)c(C(C)(C)C)c1. The molecule has 0 aliphatic rings. The van der Waals surface area contributed by atoms with Crippen LogP contribution in [0.5, 0.6) is 17.4 Å². The molecule has 1 aromatic carbocycles. The van der Waals surface area contributed by atoms with Gasteiger partial charge in [0.15, 0.2) is 0 Å². The highest BCUT2D eigenvalue weighted by Gasteiger charge is 2.21. The van der Waals surface area contributed by atoms with E-state index in [4.69, 9.17) is 15.2 Å². The maximum absolute atomic E-state index is 5.91. The van der Waals surface area contributed by atoms with Crippen molar-refractivity contribution in [1.82, 2.24) is 9.97 Å². The predicted octanol–water partition coefficient (Wildman–Crippen LogP) is 3.92. The lowest BCUT2D eigenvalue weighted by atomic mass is 9.86. The van der Waals surface area contributed by atoms with E-state index in [9.17, 15) is 0 Å². The summed E-state index contributed by atoms with van der Waals surface area (Å²) < 4.78 is 11.8. The average molecular weight is 352 g/mol. The number of anilines is 1. The van der Waals surface area contributed by atoms with Gasteiger partial charge in [0.1, 0.15) is 11.5 Å². The van der Waals surface area contributed by atoms with E-state index < -0.39 is 0 Å². The lowest BCUT2D eigenvalue weighted by Gasteiger charge is -2.23. The number of nitrogens with zero attached hydrogens (tertiary/aromatic N) is 2. The highest BCUT2D eigenvalue weighted by atomic mass is 79.9. The Bertz CT molecular complexity index is 654. The van der Waals surface area contributed by atoms with Crippen LogP contribution in [0.3, 0.4) is 0 Å². The fourth-order valence-electron chi connectivity index (χ4n) is 1.85. The van der Waals surface area contributed by atoms with Gasteiger partial charge in [0.25, 0.3) is 0 Å². The summed E-state index contributed by atoms with van der Waals surface area (Å²) in [5, 5.41) is 0. The minimum Gasteiger partial charge on any atom is -0.497 e. The van der Waals surface area contributed by atoms with Crippen molar-refractivity contribution in [2.24, 2.45) is 0 Å². The molecule has 0 aliphatic carbocycles. The Balaban J connectivity index is 2.46. The van der Waals surface area contributed by atoms with E-state index in [2.05, 4.69) is 46.7 Å². The van der Waals surface area contributed by atoms with Crippen molar-refractivity contribution < 1.29 is 9.47 Å². The topological polar surface area (TPSA) is 70.3 Å². The van der Waals surface area contributed by atoms with Crippen molar-refractivity contribution in [3.8, 4) is 17.4 Å². The second kappa shape index (κ2) is 5.89. The molecule has 1 aromatic heterocycles. The van der Waals surface area contributed by atoms with Crippen LogP contribution in [0.25, 0.3) is 0 Å². The third-order valence-electron chi connectivity index (χ3n) is 2.93. The molecule has 0 amide bonds. The molecule has 5 nitrogen and oxygen atoms in total. The molecule has 2 N–H and O–H groups in total. The molecule has 2 aromatic rings. The number of hydrogen-bond acceptors (Lipinski definition) is 5. The fourth-order valence-corrected chi connectivity index (χ4v) is 2.12. The first-order valence-electron chi connectivity index (χ1n) is 6.45. The van der Waals surface area contributed by atoms with Gasteiger partial charge in [0, 0.05) is 5.56 Å². The Morgan fingerprint density at radius 1 is 1.24 bits per heavy atom. The third kappa shape index (κ3) is 3.64. The van der Waals surface area contributed by atoms with E-state index in [1.165, 1.54) is 0 Å². The molecule has 0 bridgehead atoms. The Labute approximate surface area is 132 Å². The first-order chi connectivity index (χ1) is 9.81. The number of nitrogens with two attached hydrogens (primary N) is 1. The van der Waals surface area contributed by atoms with Crippen LogP contribution in [-0.2, 0) is 5.41 Å². The normalized spacial score (nSPS) is 11.3. The number of nitrogen functional groups attached to an aromatic ring is 1. The van der Waals surface area contributed by atoms with Crippen molar-refractivity contribution in [1.29, 1.82) is 0 Å². The average Bonchev–Trinajstić information content (AvgIpc) is 2.42. The zero-order chi connectivity index (χ0) is 15.6. The molecule has 2 rings (SSSR count). The van der Waals surface area contributed by atoms with Gasteiger partial charge in [-0.3, -0.25) is 0 Å². The van der Waals surface area contributed by atoms with Gasteiger partial charge in [-0.15, -0.1) is 0 Å². The van der Waals surface area contributed by atoms with Gasteiger partial charge in [-0.05, 0) is 39.5 Å². The van der Waals surface area contributed by atoms with Gasteiger partial charge in [0.2, 0.25) is 11.8 Å². The molecular formula is C15H18BrN3O2. The molecule has 0 radical (unpaired) electrons. The number of methoxy groups -OCH3 is 1. The van der Waals surface area contributed by atoms with E-state index in [1.54, 1.807) is 13.3 Å². The van der Waals surface area contributed by atoms with Crippen LogP contribution < -0.4 is 15.2 Å². The molecule has 0 spiro atoms. The van der Waals surface area contributed by atoms with E-state index >= 15 is 0 Å². The van der Waals surface area contributed by atoms with Gasteiger partial charge in [-0.2, -0.15) is 4.98 Å². The van der Waals surface area contributed by atoms with Crippen molar-refractivity contribution in [3.63, 3.8) is 0 Å². The summed E-state index contributed by atoms with van der Waals surface area (Å²) in [5.74, 6) is 2.05. The first kappa shape index (κ1) is 15.6. The van der Waals surface area contributed by atoms with Crippen LogP contribution >= 0.6 is 15.9 Å². The first-order valence-corrected chi connectivity index (χ1v) is 7.25. The van der Waals surface area contributed by atoms with Crippen LogP contribution in [0.2, 0.25) is 0 Å². The molecule has 0 unspecified atom stereocenters. The van der Waals surface area contributed by atoms with Crippen LogP contribution in [0.1, 0.15) is 26.3 Å². The second-order valence-corrected chi connectivity index (χ2v) is 6.45. The number of ether oxygens (including phenoxy) is 2. The van der Waals surface area contributed by atoms with Gasteiger partial charge in [0.05, 0.1) is 17.8 Å². The highest BCUT2D eigenvalue weighted by Crippen LogP contribution is 2.37. The molecule has 6 heteroatoms. The quantitative estimate of drug-likeness (QED) is 0.907. The van der Waals surface area contributed by atoms with Crippen LogP contribution in [0, 0.1) is 0 Å². The summed E-state index contributed by atoms with van der Waals surface area (Å²) >= 11 is 3.36. The van der Waals surface area contributed by atoms with Crippen LogP contribution in [0.4, 0.5) is 5.95 Å². The van der Waals surface area contributed by atoms with Crippen LogP contribution in [0.15, 0.2) is 28.9 Å². The Morgan fingerprint density at radius 3 is 2.57 bits per heavy atom. The molecule has 0 saturated carbocycles. The molecule has 112 valence electrons. The monoisotopic (exact) mass is 351 g/mol. The summed E-state index contributed by atoms with van der Waals surface area (Å²) in [6.45, 7) is 6.33. The molecule has 0 fully saturated rings. The number of halogens is 1. The van der Waals surface area contributed by atoms with Gasteiger partial charge >= 0.3 is 0 Å².